The summed E-state index contributed by atoms with van der Waals surface area (Å²) in [5.74, 6) is -0.609. The average Bonchev–Trinajstić information content (AvgIpc) is 3.10. The number of hydrogen-bond acceptors (Lipinski definition) is 3. The lowest BCUT2D eigenvalue weighted by Gasteiger charge is -2.25. The molecule has 0 spiro atoms. The van der Waals surface area contributed by atoms with Crippen LogP contribution in [-0.2, 0) is 9.59 Å². The second-order valence-corrected chi connectivity index (χ2v) is 8.11. The Kier molecular flexibility index (Phi) is 5.27. The second kappa shape index (κ2) is 8.40. The lowest BCUT2D eigenvalue weighted by molar-refractivity contribution is -0.120. The Balaban J connectivity index is 1.73. The number of para-hydroxylation sites is 1. The van der Waals surface area contributed by atoms with Crippen molar-refractivity contribution in [3.8, 4) is 0 Å². The quantitative estimate of drug-likeness (QED) is 0.366. The first-order valence-corrected chi connectivity index (χ1v) is 11.1. The maximum atomic E-state index is 14.0. The number of carbonyl (C=O) groups is 2. The highest BCUT2D eigenvalue weighted by Gasteiger charge is 2.43. The minimum Gasteiger partial charge on any atom is -0.337 e. The van der Waals surface area contributed by atoms with Gasteiger partial charge in [-0.25, -0.2) is 4.90 Å². The molecule has 1 aliphatic heterocycles. The molecule has 0 N–H and O–H groups in total. The Labute approximate surface area is 193 Å². The van der Waals surface area contributed by atoms with Gasteiger partial charge in [0, 0.05) is 17.6 Å². The number of aryl methyl sites for hydroxylation is 1. The van der Waals surface area contributed by atoms with E-state index in [4.69, 9.17) is 0 Å². The van der Waals surface area contributed by atoms with Crippen LogP contribution in [0, 0.1) is 6.92 Å². The summed E-state index contributed by atoms with van der Waals surface area (Å²) in [4.78, 5) is 31.2. The minimum atomic E-state index is -0.308. The molecular formula is C29H24N2O2. The standard InChI is InChI=1S/C29H24N2O2/c1-3-30(23-12-5-4-6-13-23)27-26(22-18-16-20(2)17-19-22)28(32)31(29(27)33)25-15-9-11-21-10-7-8-14-24(21)25/h4-19H,3H2,1-2H3. The molecule has 0 atom stereocenters. The first-order valence-electron chi connectivity index (χ1n) is 11.1. The highest BCUT2D eigenvalue weighted by molar-refractivity contribution is 6.47. The molecule has 0 bridgehead atoms. The fraction of sp³-hybridized carbons (Fsp3) is 0.103. The Morgan fingerprint density at radius 2 is 1.39 bits per heavy atom. The van der Waals surface area contributed by atoms with Crippen LogP contribution >= 0.6 is 0 Å². The molecule has 0 unspecified atom stereocenters. The predicted molar refractivity (Wildman–Crippen MR) is 134 cm³/mol. The first kappa shape index (κ1) is 20.7. The van der Waals surface area contributed by atoms with Crippen LogP contribution in [0.5, 0.6) is 0 Å². The van der Waals surface area contributed by atoms with Crippen LogP contribution in [0.15, 0.2) is 103 Å². The van der Waals surface area contributed by atoms with E-state index < -0.39 is 0 Å². The predicted octanol–water partition coefficient (Wildman–Crippen LogP) is 5.96. The van der Waals surface area contributed by atoms with Gasteiger partial charge in [-0.15, -0.1) is 0 Å². The molecule has 33 heavy (non-hydrogen) atoms. The third kappa shape index (κ3) is 3.50. The van der Waals surface area contributed by atoms with Crippen LogP contribution in [-0.4, -0.2) is 18.4 Å². The van der Waals surface area contributed by atoms with Crippen LogP contribution in [0.25, 0.3) is 16.3 Å². The van der Waals surface area contributed by atoms with E-state index in [2.05, 4.69) is 0 Å². The topological polar surface area (TPSA) is 40.6 Å². The van der Waals surface area contributed by atoms with Crippen molar-refractivity contribution in [2.75, 3.05) is 16.3 Å². The molecular weight excluding hydrogens is 408 g/mol. The van der Waals surface area contributed by atoms with Gasteiger partial charge in [0.05, 0.1) is 11.3 Å². The van der Waals surface area contributed by atoms with E-state index in [9.17, 15) is 9.59 Å². The molecule has 1 heterocycles. The molecule has 0 aromatic heterocycles. The molecule has 0 aliphatic carbocycles. The van der Waals surface area contributed by atoms with Gasteiger partial charge >= 0.3 is 0 Å². The van der Waals surface area contributed by atoms with E-state index in [1.807, 2.05) is 116 Å². The number of anilines is 2. The number of benzene rings is 4. The Morgan fingerprint density at radius 3 is 2.12 bits per heavy atom. The van der Waals surface area contributed by atoms with Crippen molar-refractivity contribution in [1.29, 1.82) is 0 Å². The molecule has 162 valence electrons. The molecule has 4 aromatic carbocycles. The summed E-state index contributed by atoms with van der Waals surface area (Å²) in [6, 6.07) is 31.0. The fourth-order valence-electron chi connectivity index (χ4n) is 4.45. The van der Waals surface area contributed by atoms with Crippen molar-refractivity contribution >= 4 is 39.5 Å². The Morgan fingerprint density at radius 1 is 0.727 bits per heavy atom. The van der Waals surface area contributed by atoms with Gasteiger partial charge in [0.1, 0.15) is 5.70 Å². The van der Waals surface area contributed by atoms with Crippen molar-refractivity contribution < 1.29 is 9.59 Å². The van der Waals surface area contributed by atoms with Crippen molar-refractivity contribution in [3.05, 3.63) is 114 Å². The van der Waals surface area contributed by atoms with Crippen LogP contribution < -0.4 is 9.80 Å². The zero-order chi connectivity index (χ0) is 22.9. The lowest BCUT2D eigenvalue weighted by Crippen LogP contribution is -2.35. The van der Waals surface area contributed by atoms with Gasteiger partial charge in [-0.3, -0.25) is 9.59 Å². The number of rotatable bonds is 5. The first-order chi connectivity index (χ1) is 16.1. The summed E-state index contributed by atoms with van der Waals surface area (Å²) in [5.41, 5.74) is 4.15. The number of hydrogen-bond donors (Lipinski definition) is 0. The van der Waals surface area contributed by atoms with Gasteiger partial charge in [-0.2, -0.15) is 0 Å². The van der Waals surface area contributed by atoms with Gasteiger partial charge < -0.3 is 4.90 Å². The molecule has 4 aromatic rings. The zero-order valence-corrected chi connectivity index (χ0v) is 18.7. The number of carbonyl (C=O) groups excluding carboxylic acids is 2. The SMILES string of the molecule is CCN(C1=C(c2ccc(C)cc2)C(=O)N(c2cccc3ccccc23)C1=O)c1ccccc1. The molecule has 4 nitrogen and oxygen atoms in total. The van der Waals surface area contributed by atoms with Gasteiger partial charge in [0.15, 0.2) is 0 Å². The highest BCUT2D eigenvalue weighted by atomic mass is 16.2. The molecule has 0 fully saturated rings. The average molecular weight is 433 g/mol. The van der Waals surface area contributed by atoms with E-state index in [-0.39, 0.29) is 11.8 Å². The van der Waals surface area contributed by atoms with E-state index in [0.717, 1.165) is 27.6 Å². The Bertz CT molecular complexity index is 1380. The van der Waals surface area contributed by atoms with Crippen LogP contribution in [0.4, 0.5) is 11.4 Å². The number of amides is 2. The lowest BCUT2D eigenvalue weighted by atomic mass is 10.0. The van der Waals surface area contributed by atoms with Crippen molar-refractivity contribution in [1.82, 2.24) is 0 Å². The van der Waals surface area contributed by atoms with Gasteiger partial charge in [-0.05, 0) is 43.0 Å². The molecule has 5 rings (SSSR count). The summed E-state index contributed by atoms with van der Waals surface area (Å²) >= 11 is 0. The van der Waals surface area contributed by atoms with Crippen LogP contribution in [0.2, 0.25) is 0 Å². The van der Waals surface area contributed by atoms with Gasteiger partial charge in [0.2, 0.25) is 0 Å². The number of likely N-dealkylation sites (N-methyl/N-ethyl adjacent to an activating group) is 1. The molecule has 1 aliphatic rings. The molecule has 0 saturated carbocycles. The molecule has 4 heteroatoms. The third-order valence-corrected chi connectivity index (χ3v) is 6.06. The number of imide groups is 1. The largest absolute Gasteiger partial charge is 0.337 e. The second-order valence-electron chi connectivity index (χ2n) is 8.11. The number of nitrogens with zero attached hydrogens (tertiary/aromatic N) is 2. The van der Waals surface area contributed by atoms with E-state index in [0.29, 0.717) is 23.5 Å². The van der Waals surface area contributed by atoms with E-state index in [1.165, 1.54) is 4.90 Å². The van der Waals surface area contributed by atoms with Crippen LogP contribution in [0.1, 0.15) is 18.1 Å². The summed E-state index contributed by atoms with van der Waals surface area (Å²) in [7, 11) is 0. The third-order valence-electron chi connectivity index (χ3n) is 6.06. The highest BCUT2D eigenvalue weighted by Crippen LogP contribution is 2.39. The minimum absolute atomic E-state index is 0.301. The molecule has 0 radical (unpaired) electrons. The van der Waals surface area contributed by atoms with Crippen molar-refractivity contribution in [3.63, 3.8) is 0 Å². The number of fused-ring (bicyclic) bond motifs is 1. The molecule has 2 amide bonds. The van der Waals surface area contributed by atoms with Gasteiger partial charge in [0.25, 0.3) is 11.8 Å². The Hall–Kier alpha value is -4.18. The fourth-order valence-corrected chi connectivity index (χ4v) is 4.45. The van der Waals surface area contributed by atoms with Crippen molar-refractivity contribution in [2.24, 2.45) is 0 Å². The van der Waals surface area contributed by atoms with Crippen molar-refractivity contribution in [2.45, 2.75) is 13.8 Å². The summed E-state index contributed by atoms with van der Waals surface area (Å²) < 4.78 is 0. The van der Waals surface area contributed by atoms with E-state index >= 15 is 0 Å². The normalized spacial score (nSPS) is 13.8. The van der Waals surface area contributed by atoms with E-state index in [1.54, 1.807) is 0 Å². The zero-order valence-electron chi connectivity index (χ0n) is 18.7. The maximum absolute atomic E-state index is 14.0. The monoisotopic (exact) mass is 432 g/mol. The smallest absolute Gasteiger partial charge is 0.282 e. The summed E-state index contributed by atoms with van der Waals surface area (Å²) in [6.45, 7) is 4.55. The van der Waals surface area contributed by atoms with Gasteiger partial charge in [-0.1, -0.05) is 84.4 Å². The molecule has 0 saturated heterocycles. The maximum Gasteiger partial charge on any atom is 0.282 e. The summed E-state index contributed by atoms with van der Waals surface area (Å²) in [6.07, 6.45) is 0. The summed E-state index contributed by atoms with van der Waals surface area (Å²) in [5, 5.41) is 1.85. The van der Waals surface area contributed by atoms with Crippen LogP contribution in [0.3, 0.4) is 0 Å².